The zero-order chi connectivity index (χ0) is 36.3. The lowest BCUT2D eigenvalue weighted by Gasteiger charge is -2.04. The second-order valence-corrected chi connectivity index (χ2v) is 14.9. The summed E-state index contributed by atoms with van der Waals surface area (Å²) >= 11 is 0. The van der Waals surface area contributed by atoms with Crippen LogP contribution in [-0.2, 0) is 32.2 Å². The van der Waals surface area contributed by atoms with Crippen LogP contribution < -0.4 is 0 Å². The smallest absolute Gasteiger partial charge is 0.0921 e. The number of hydrogen-bond acceptors (Lipinski definition) is 2. The highest BCUT2D eigenvalue weighted by atomic mass is 14.9. The highest BCUT2D eigenvalue weighted by molar-refractivity contribution is 5.15. The zero-order valence-corrected chi connectivity index (χ0v) is 32.5. The van der Waals surface area contributed by atoms with Crippen molar-refractivity contribution in [3.8, 4) is 0 Å². The average Bonchev–Trinajstić information content (AvgIpc) is 3.77. The average molecular weight is 665 g/mol. The minimum absolute atomic E-state index is 0.704. The number of aryl methyl sites for hydroxylation is 1. The molecule has 5 aromatic rings. The Hall–Kier alpha value is -3.92. The molecule has 0 saturated heterocycles. The van der Waals surface area contributed by atoms with Crippen molar-refractivity contribution < 1.29 is 0 Å². The number of rotatable bonds is 11. The largest absolute Gasteiger partial charge is 0.354 e. The number of nitrogens with one attached hydrogen (secondary N) is 1. The molecule has 2 aromatic carbocycles. The van der Waals surface area contributed by atoms with E-state index in [1.165, 1.54) is 41.8 Å². The number of imidazole rings is 1. The zero-order valence-electron chi connectivity index (χ0n) is 32.5. The molecule has 3 heterocycles. The number of aromatic amines is 1. The van der Waals surface area contributed by atoms with Gasteiger partial charge in [0, 0.05) is 42.7 Å². The van der Waals surface area contributed by atoms with E-state index >= 15 is 0 Å². The number of H-pyrrole nitrogens is 1. The van der Waals surface area contributed by atoms with Crippen molar-refractivity contribution in [1.82, 2.24) is 19.5 Å². The Bertz CT molecular complexity index is 1250. The van der Waals surface area contributed by atoms with Gasteiger partial charge in [0.1, 0.15) is 0 Å². The van der Waals surface area contributed by atoms with Gasteiger partial charge in [-0.1, -0.05) is 136 Å². The quantitative estimate of drug-likeness (QED) is 0.153. The van der Waals surface area contributed by atoms with Crippen molar-refractivity contribution >= 4 is 0 Å². The van der Waals surface area contributed by atoms with Crippen LogP contribution in [0, 0.1) is 29.6 Å². The lowest BCUT2D eigenvalue weighted by atomic mass is 10.0. The normalized spacial score (nSPS) is 10.4. The van der Waals surface area contributed by atoms with Gasteiger partial charge in [0.15, 0.2) is 0 Å². The Labute approximate surface area is 300 Å². The molecule has 0 saturated carbocycles. The molecule has 0 aliphatic heterocycles. The van der Waals surface area contributed by atoms with Crippen LogP contribution in [-0.4, -0.2) is 19.5 Å². The van der Waals surface area contributed by atoms with Crippen LogP contribution >= 0.6 is 0 Å². The second-order valence-electron chi connectivity index (χ2n) is 14.9. The Kier molecular flexibility index (Phi) is 23.7. The number of aromatic nitrogens is 4. The summed E-state index contributed by atoms with van der Waals surface area (Å²) < 4.78 is 2.22. The Balaban J connectivity index is 0.000000306. The van der Waals surface area contributed by atoms with E-state index in [1.807, 2.05) is 24.5 Å². The van der Waals surface area contributed by atoms with Crippen molar-refractivity contribution in [1.29, 1.82) is 0 Å². The maximum absolute atomic E-state index is 4.22. The summed E-state index contributed by atoms with van der Waals surface area (Å²) in [5.74, 6) is 3.76. The molecule has 49 heavy (non-hydrogen) atoms. The van der Waals surface area contributed by atoms with E-state index < -0.39 is 0 Å². The van der Waals surface area contributed by atoms with Crippen LogP contribution in [0.15, 0.2) is 122 Å². The number of benzene rings is 2. The Morgan fingerprint density at radius 3 is 1.41 bits per heavy atom. The van der Waals surface area contributed by atoms with Crippen LogP contribution in [0.2, 0.25) is 0 Å². The van der Waals surface area contributed by atoms with Crippen molar-refractivity contribution in [2.45, 2.75) is 108 Å². The van der Waals surface area contributed by atoms with Gasteiger partial charge < -0.3 is 9.55 Å². The summed E-state index contributed by atoms with van der Waals surface area (Å²) in [5.41, 5.74) is 5.30. The van der Waals surface area contributed by atoms with Crippen LogP contribution in [0.4, 0.5) is 0 Å². The molecular weight excluding hydrogens is 597 g/mol. The topological polar surface area (TPSA) is 46.5 Å². The fourth-order valence-corrected chi connectivity index (χ4v) is 4.87. The SMILES string of the molecule is CC(C)CCn1cccc1.CC(C)Cc1ccccc1.CC(C)Cc1ccccc1.CC(C)Cc1ccccn1.CC(C)Cc1cnc[nH]1. The van der Waals surface area contributed by atoms with Gasteiger partial charge in [-0.25, -0.2) is 4.98 Å². The van der Waals surface area contributed by atoms with Gasteiger partial charge in [-0.2, -0.15) is 0 Å². The molecule has 3 aromatic heterocycles. The van der Waals surface area contributed by atoms with Gasteiger partial charge >= 0.3 is 0 Å². The minimum Gasteiger partial charge on any atom is -0.354 e. The first-order valence-corrected chi connectivity index (χ1v) is 18.5. The Morgan fingerprint density at radius 2 is 1.02 bits per heavy atom. The van der Waals surface area contributed by atoms with Crippen LogP contribution in [0.5, 0.6) is 0 Å². The lowest BCUT2D eigenvalue weighted by molar-refractivity contribution is 0.517. The monoisotopic (exact) mass is 665 g/mol. The molecule has 0 radical (unpaired) electrons. The van der Waals surface area contributed by atoms with E-state index in [1.54, 1.807) is 6.33 Å². The third-order valence-corrected chi connectivity index (χ3v) is 7.13. The summed E-state index contributed by atoms with van der Waals surface area (Å²) in [6.07, 6.45) is 15.5. The predicted molar refractivity (Wildman–Crippen MR) is 214 cm³/mol. The molecular formula is C45H68N4. The summed E-state index contributed by atoms with van der Waals surface area (Å²) in [6.45, 7) is 23.4. The molecule has 4 nitrogen and oxygen atoms in total. The lowest BCUT2D eigenvalue weighted by Crippen LogP contribution is -1.97. The number of pyridine rings is 1. The van der Waals surface area contributed by atoms with Crippen molar-refractivity contribution in [2.75, 3.05) is 0 Å². The Morgan fingerprint density at radius 1 is 0.531 bits per heavy atom. The molecule has 0 amide bonds. The molecule has 0 bridgehead atoms. The molecule has 0 unspecified atom stereocenters. The molecule has 4 heteroatoms. The van der Waals surface area contributed by atoms with E-state index in [0.717, 1.165) is 37.1 Å². The minimum atomic E-state index is 0.704. The summed E-state index contributed by atoms with van der Waals surface area (Å²) in [6, 6.07) is 31.4. The van der Waals surface area contributed by atoms with Gasteiger partial charge in [-0.3, -0.25) is 4.98 Å². The fourth-order valence-electron chi connectivity index (χ4n) is 4.87. The second kappa shape index (κ2) is 27.0. The highest BCUT2D eigenvalue weighted by Gasteiger charge is 1.98. The van der Waals surface area contributed by atoms with Gasteiger partial charge in [-0.15, -0.1) is 0 Å². The highest BCUT2D eigenvalue weighted by Crippen LogP contribution is 2.07. The van der Waals surface area contributed by atoms with Crippen LogP contribution in [0.1, 0.15) is 98.2 Å². The molecule has 0 spiro atoms. The molecule has 5 rings (SSSR count). The first-order valence-electron chi connectivity index (χ1n) is 18.5. The van der Waals surface area contributed by atoms with Gasteiger partial charge in [0.25, 0.3) is 0 Å². The van der Waals surface area contributed by atoms with Crippen molar-refractivity contribution in [2.24, 2.45) is 29.6 Å². The van der Waals surface area contributed by atoms with Crippen LogP contribution in [0.3, 0.4) is 0 Å². The van der Waals surface area contributed by atoms with Gasteiger partial charge in [0.2, 0.25) is 0 Å². The van der Waals surface area contributed by atoms with E-state index in [9.17, 15) is 0 Å². The molecule has 0 aliphatic rings. The van der Waals surface area contributed by atoms with E-state index in [2.05, 4.69) is 180 Å². The fraction of sp³-hybridized carbons (Fsp3) is 0.467. The summed E-state index contributed by atoms with van der Waals surface area (Å²) in [5, 5.41) is 0. The van der Waals surface area contributed by atoms with Crippen LogP contribution in [0.25, 0.3) is 0 Å². The number of hydrogen-bond donors (Lipinski definition) is 1. The number of nitrogens with zero attached hydrogens (tertiary/aromatic N) is 3. The van der Waals surface area contributed by atoms with E-state index in [-0.39, 0.29) is 0 Å². The standard InChI is InChI=1S/2C10H14.C9H15N.C9H13N.C7H12N2/c2*1-9(2)8-10-6-4-3-5-7-10;1-9(2)5-8-10-6-3-4-7-10;1-8(2)7-9-5-3-4-6-10-9;1-6(2)3-7-4-8-5-9-7/h2*3-7,9H,8H2,1-2H3;3-4,6-7,9H,5,8H2,1-2H3;3-6,8H,7H2,1-2H3;4-6H,3H2,1-2H3,(H,8,9). The molecule has 0 aliphatic carbocycles. The van der Waals surface area contributed by atoms with Gasteiger partial charge in [-0.05, 0) is 97.1 Å². The van der Waals surface area contributed by atoms with Crippen molar-refractivity contribution in [3.05, 3.63) is 145 Å². The molecule has 0 fully saturated rings. The van der Waals surface area contributed by atoms with Crippen molar-refractivity contribution in [3.63, 3.8) is 0 Å². The first kappa shape index (κ1) is 43.1. The predicted octanol–water partition coefficient (Wildman–Crippen LogP) is 12.2. The molecule has 268 valence electrons. The molecule has 0 atom stereocenters. The maximum atomic E-state index is 4.22. The molecule has 1 N–H and O–H groups in total. The third-order valence-electron chi connectivity index (χ3n) is 7.13. The van der Waals surface area contributed by atoms with E-state index in [0.29, 0.717) is 11.8 Å². The van der Waals surface area contributed by atoms with E-state index in [4.69, 9.17) is 0 Å². The van der Waals surface area contributed by atoms with Gasteiger partial charge in [0.05, 0.1) is 6.33 Å². The summed E-state index contributed by atoms with van der Waals surface area (Å²) in [7, 11) is 0. The summed E-state index contributed by atoms with van der Waals surface area (Å²) in [4.78, 5) is 11.2. The maximum Gasteiger partial charge on any atom is 0.0921 e. The third kappa shape index (κ3) is 25.7. The first-order chi connectivity index (χ1) is 23.4.